The summed E-state index contributed by atoms with van der Waals surface area (Å²) in [5.41, 5.74) is 1.49. The van der Waals surface area contributed by atoms with Crippen LogP contribution in [-0.4, -0.2) is 61.3 Å². The van der Waals surface area contributed by atoms with E-state index in [2.05, 4.69) is 5.32 Å². The Morgan fingerprint density at radius 2 is 1.88 bits per heavy atom. The van der Waals surface area contributed by atoms with Gasteiger partial charge in [-0.05, 0) is 13.0 Å². The topological polar surface area (TPSA) is 44.8 Å². The Balaban J connectivity index is 1.92. The minimum absolute atomic E-state index is 0.202. The lowest BCUT2D eigenvalue weighted by Crippen LogP contribution is -2.55. The molecule has 0 saturated carbocycles. The van der Waals surface area contributed by atoms with Crippen molar-refractivity contribution < 1.29 is 22.7 Å². The standard InChI is InChI=1S/C16H22F3N3O2/c1-12(16(17,18)19)21-7-9-22(10-8-21)15(23)20-14-6-4-3-5-13(14)11-24-2/h3-6,12H,7-11H2,1-2H3,(H,20,23)/t12-/m0/s1. The van der Waals surface area contributed by atoms with Crippen molar-refractivity contribution in [1.29, 1.82) is 0 Å². The van der Waals surface area contributed by atoms with Gasteiger partial charge in [-0.15, -0.1) is 0 Å². The van der Waals surface area contributed by atoms with Gasteiger partial charge in [0.2, 0.25) is 0 Å². The predicted octanol–water partition coefficient (Wildman–Crippen LogP) is 2.93. The number of anilines is 1. The summed E-state index contributed by atoms with van der Waals surface area (Å²) < 4.78 is 43.3. The number of para-hydroxylation sites is 1. The summed E-state index contributed by atoms with van der Waals surface area (Å²) in [6, 6.07) is 5.47. The summed E-state index contributed by atoms with van der Waals surface area (Å²) in [7, 11) is 1.57. The number of carbonyl (C=O) groups is 1. The molecular weight excluding hydrogens is 323 g/mol. The van der Waals surface area contributed by atoms with Crippen molar-refractivity contribution in [3.05, 3.63) is 29.8 Å². The SMILES string of the molecule is COCc1ccccc1NC(=O)N1CCN([C@@H](C)C(F)(F)F)CC1. The fourth-order valence-corrected chi connectivity index (χ4v) is 2.64. The van der Waals surface area contributed by atoms with E-state index in [0.717, 1.165) is 12.5 Å². The number of halogens is 3. The Bertz CT molecular complexity index is 558. The number of hydrogen-bond acceptors (Lipinski definition) is 3. The minimum Gasteiger partial charge on any atom is -0.380 e. The van der Waals surface area contributed by atoms with Gasteiger partial charge in [0, 0.05) is 44.5 Å². The summed E-state index contributed by atoms with van der Waals surface area (Å²) in [6.07, 6.45) is -4.25. The van der Waals surface area contributed by atoms with Crippen molar-refractivity contribution in [2.45, 2.75) is 25.7 Å². The Morgan fingerprint density at radius 3 is 2.46 bits per heavy atom. The van der Waals surface area contributed by atoms with Crippen LogP contribution in [0.3, 0.4) is 0 Å². The lowest BCUT2D eigenvalue weighted by Gasteiger charge is -2.38. The van der Waals surface area contributed by atoms with Gasteiger partial charge >= 0.3 is 12.2 Å². The molecule has 1 fully saturated rings. The van der Waals surface area contributed by atoms with E-state index in [1.54, 1.807) is 19.2 Å². The van der Waals surface area contributed by atoms with Crippen LogP contribution in [0.2, 0.25) is 0 Å². The van der Waals surface area contributed by atoms with E-state index < -0.39 is 12.2 Å². The predicted molar refractivity (Wildman–Crippen MR) is 84.8 cm³/mol. The molecule has 1 aliphatic heterocycles. The van der Waals surface area contributed by atoms with E-state index >= 15 is 0 Å². The van der Waals surface area contributed by atoms with Crippen molar-refractivity contribution in [2.75, 3.05) is 38.6 Å². The molecule has 24 heavy (non-hydrogen) atoms. The molecule has 1 aromatic carbocycles. The number of alkyl halides is 3. The van der Waals surface area contributed by atoms with Crippen LogP contribution < -0.4 is 5.32 Å². The first kappa shape index (κ1) is 18.5. The fraction of sp³-hybridized carbons (Fsp3) is 0.562. The highest BCUT2D eigenvalue weighted by atomic mass is 19.4. The van der Waals surface area contributed by atoms with E-state index in [1.807, 2.05) is 12.1 Å². The highest BCUT2D eigenvalue weighted by Crippen LogP contribution is 2.25. The number of ether oxygens (including phenoxy) is 1. The van der Waals surface area contributed by atoms with E-state index in [1.165, 1.54) is 9.80 Å². The Labute approximate surface area is 139 Å². The van der Waals surface area contributed by atoms with Gasteiger partial charge in [0.15, 0.2) is 0 Å². The molecule has 0 aliphatic carbocycles. The number of nitrogens with one attached hydrogen (secondary N) is 1. The van der Waals surface area contributed by atoms with Crippen LogP contribution in [0.25, 0.3) is 0 Å². The number of methoxy groups -OCH3 is 1. The molecule has 0 aromatic heterocycles. The molecule has 2 amide bonds. The molecule has 0 spiro atoms. The molecule has 1 saturated heterocycles. The summed E-state index contributed by atoms with van der Waals surface area (Å²) in [4.78, 5) is 15.2. The third-order valence-electron chi connectivity index (χ3n) is 4.18. The molecule has 134 valence electrons. The van der Waals surface area contributed by atoms with Crippen LogP contribution in [-0.2, 0) is 11.3 Å². The molecule has 1 N–H and O–H groups in total. The van der Waals surface area contributed by atoms with E-state index in [-0.39, 0.29) is 32.2 Å². The smallest absolute Gasteiger partial charge is 0.380 e. The van der Waals surface area contributed by atoms with E-state index in [4.69, 9.17) is 4.74 Å². The van der Waals surface area contributed by atoms with Crippen LogP contribution in [0, 0.1) is 0 Å². The van der Waals surface area contributed by atoms with Gasteiger partial charge in [-0.3, -0.25) is 4.90 Å². The average molecular weight is 345 g/mol. The van der Waals surface area contributed by atoms with Crippen molar-refractivity contribution in [3.63, 3.8) is 0 Å². The number of carbonyl (C=O) groups excluding carboxylic acids is 1. The maximum absolute atomic E-state index is 12.7. The summed E-state index contributed by atoms with van der Waals surface area (Å²) in [5, 5.41) is 2.81. The third kappa shape index (κ3) is 4.61. The monoisotopic (exact) mass is 345 g/mol. The van der Waals surface area contributed by atoms with E-state index in [0.29, 0.717) is 12.3 Å². The first-order chi connectivity index (χ1) is 11.3. The second-order valence-electron chi connectivity index (χ2n) is 5.76. The average Bonchev–Trinajstić information content (AvgIpc) is 2.55. The summed E-state index contributed by atoms with van der Waals surface area (Å²) >= 11 is 0. The molecule has 1 heterocycles. The number of benzene rings is 1. The molecule has 2 rings (SSSR count). The molecule has 0 unspecified atom stereocenters. The largest absolute Gasteiger partial charge is 0.403 e. The van der Waals surface area contributed by atoms with Crippen LogP contribution in [0.5, 0.6) is 0 Å². The third-order valence-corrected chi connectivity index (χ3v) is 4.18. The molecule has 0 radical (unpaired) electrons. The molecule has 1 aliphatic rings. The number of piperazine rings is 1. The van der Waals surface area contributed by atoms with Gasteiger partial charge in [0.25, 0.3) is 0 Å². The number of rotatable bonds is 4. The zero-order valence-corrected chi connectivity index (χ0v) is 13.8. The fourth-order valence-electron chi connectivity index (χ4n) is 2.64. The van der Waals surface area contributed by atoms with Crippen LogP contribution in [0.15, 0.2) is 24.3 Å². The highest BCUT2D eigenvalue weighted by Gasteiger charge is 2.41. The Morgan fingerprint density at radius 1 is 1.25 bits per heavy atom. The highest BCUT2D eigenvalue weighted by molar-refractivity contribution is 5.90. The number of nitrogens with zero attached hydrogens (tertiary/aromatic N) is 2. The second kappa shape index (κ2) is 7.85. The van der Waals surface area contributed by atoms with Gasteiger partial charge in [0.1, 0.15) is 6.04 Å². The van der Waals surface area contributed by atoms with Gasteiger partial charge in [0.05, 0.1) is 6.61 Å². The normalized spacial score (nSPS) is 17.6. The maximum atomic E-state index is 12.7. The lowest BCUT2D eigenvalue weighted by molar-refractivity contribution is -0.181. The quantitative estimate of drug-likeness (QED) is 0.913. The maximum Gasteiger partial charge on any atom is 0.403 e. The van der Waals surface area contributed by atoms with Gasteiger partial charge in [-0.25, -0.2) is 4.79 Å². The van der Waals surface area contributed by atoms with Crippen molar-refractivity contribution in [3.8, 4) is 0 Å². The number of urea groups is 1. The van der Waals surface area contributed by atoms with Crippen molar-refractivity contribution in [1.82, 2.24) is 9.80 Å². The molecule has 0 bridgehead atoms. The second-order valence-corrected chi connectivity index (χ2v) is 5.76. The summed E-state index contributed by atoms with van der Waals surface area (Å²) in [5.74, 6) is 0. The zero-order chi connectivity index (χ0) is 17.7. The number of hydrogen-bond donors (Lipinski definition) is 1. The van der Waals surface area contributed by atoms with Crippen molar-refractivity contribution in [2.24, 2.45) is 0 Å². The zero-order valence-electron chi connectivity index (χ0n) is 13.8. The Kier molecular flexibility index (Phi) is 6.06. The van der Waals surface area contributed by atoms with Crippen LogP contribution in [0.1, 0.15) is 12.5 Å². The van der Waals surface area contributed by atoms with Crippen LogP contribution in [0.4, 0.5) is 23.7 Å². The number of amides is 2. The molecule has 8 heteroatoms. The molecular formula is C16H22F3N3O2. The van der Waals surface area contributed by atoms with Gasteiger partial charge in [-0.2, -0.15) is 13.2 Å². The molecule has 1 atom stereocenters. The summed E-state index contributed by atoms with van der Waals surface area (Å²) in [6.45, 7) is 2.45. The first-order valence-electron chi connectivity index (χ1n) is 7.76. The van der Waals surface area contributed by atoms with Gasteiger partial charge in [-0.1, -0.05) is 18.2 Å². The van der Waals surface area contributed by atoms with Crippen LogP contribution >= 0.6 is 0 Å². The lowest BCUT2D eigenvalue weighted by atomic mass is 10.2. The minimum atomic E-state index is -4.25. The van der Waals surface area contributed by atoms with E-state index in [9.17, 15) is 18.0 Å². The molecule has 1 aromatic rings. The van der Waals surface area contributed by atoms with Gasteiger partial charge < -0.3 is 15.0 Å². The molecule has 5 nitrogen and oxygen atoms in total. The first-order valence-corrected chi connectivity index (χ1v) is 7.76. The Hall–Kier alpha value is -1.80. The van der Waals surface area contributed by atoms with Crippen molar-refractivity contribution >= 4 is 11.7 Å².